The summed E-state index contributed by atoms with van der Waals surface area (Å²) in [6.07, 6.45) is -9.02. The molecule has 2 aromatic rings. The van der Waals surface area contributed by atoms with Crippen LogP contribution in [-0.4, -0.2) is 42.0 Å². The van der Waals surface area contributed by atoms with Gasteiger partial charge < -0.3 is 15.1 Å². The Morgan fingerprint density at radius 3 is 2.12 bits per heavy atom. The zero-order valence-corrected chi connectivity index (χ0v) is 18.8. The number of urea groups is 1. The molecule has 1 heterocycles. The van der Waals surface area contributed by atoms with Crippen LogP contribution in [0.25, 0.3) is 0 Å². The molecule has 2 aliphatic rings. The molecule has 1 N–H and O–H groups in total. The maximum absolute atomic E-state index is 13.5. The summed E-state index contributed by atoms with van der Waals surface area (Å²) in [5.74, 6) is 0.223. The second-order valence-corrected chi connectivity index (χ2v) is 9.07. The summed E-state index contributed by atoms with van der Waals surface area (Å²) in [5, 5.41) is 3.33. The van der Waals surface area contributed by atoms with Gasteiger partial charge >= 0.3 is 18.4 Å². The molecule has 184 valence electrons. The Balaban J connectivity index is 1.66. The number of benzene rings is 2. The first-order chi connectivity index (χ1) is 15.8. The molecular weight excluding hydrogens is 460 g/mol. The average molecular weight is 485 g/mol. The lowest BCUT2D eigenvalue weighted by atomic mass is 9.97. The molecule has 2 amide bonds. The van der Waals surface area contributed by atoms with Gasteiger partial charge in [-0.25, -0.2) is 4.79 Å². The number of hydrogen-bond donors (Lipinski definition) is 1. The monoisotopic (exact) mass is 485 g/mol. The normalized spacial score (nSPS) is 25.1. The van der Waals surface area contributed by atoms with Gasteiger partial charge in [0.15, 0.2) is 0 Å². The lowest BCUT2D eigenvalue weighted by Crippen LogP contribution is -2.47. The fourth-order valence-electron chi connectivity index (χ4n) is 5.09. The predicted octanol–water partition coefficient (Wildman–Crippen LogP) is 5.87. The quantitative estimate of drug-likeness (QED) is 0.550. The topological polar surface area (TPSA) is 35.6 Å². The Kier molecular flexibility index (Phi) is 5.86. The highest BCUT2D eigenvalue weighted by atomic mass is 19.4. The van der Waals surface area contributed by atoms with Crippen molar-refractivity contribution in [3.63, 3.8) is 0 Å². The highest BCUT2D eigenvalue weighted by molar-refractivity contribution is 5.77. The van der Waals surface area contributed by atoms with Crippen molar-refractivity contribution in [3.05, 3.63) is 70.8 Å². The summed E-state index contributed by atoms with van der Waals surface area (Å²) in [7, 11) is 3.23. The van der Waals surface area contributed by atoms with Gasteiger partial charge in [-0.2, -0.15) is 26.3 Å². The third-order valence-corrected chi connectivity index (χ3v) is 7.17. The summed E-state index contributed by atoms with van der Waals surface area (Å²) in [5.41, 5.74) is -2.40. The third-order valence-electron chi connectivity index (χ3n) is 7.17. The van der Waals surface area contributed by atoms with Gasteiger partial charge in [-0.3, -0.25) is 0 Å². The molecule has 0 radical (unpaired) electrons. The number of hydrogen-bond acceptors (Lipinski definition) is 2. The van der Waals surface area contributed by atoms with Crippen molar-refractivity contribution in [1.29, 1.82) is 0 Å². The summed E-state index contributed by atoms with van der Waals surface area (Å²) in [6, 6.07) is 9.10. The molecule has 1 saturated heterocycles. The number of likely N-dealkylation sites (tertiary alicyclic amines) is 1. The highest BCUT2D eigenvalue weighted by Gasteiger charge is 2.66. The molecule has 2 fully saturated rings. The molecule has 4 nitrogen and oxygen atoms in total. The first-order valence-corrected chi connectivity index (χ1v) is 10.9. The standard InChI is InChI=1S/C24H25F6N3O/c1-14(16-9-17(23(25,26)27)11-18(10-16)24(28,29)30)32(3)21(34)33-13-19-12-22(19,31-2)20(33)15-7-5-4-6-8-15/h4-11,14,19-20,31H,12-13H2,1-3H3/t14-,19-,20+,22+/m1/s1. The molecule has 10 heteroatoms. The minimum absolute atomic E-state index is 0.0914. The van der Waals surface area contributed by atoms with Gasteiger partial charge in [-0.15, -0.1) is 0 Å². The van der Waals surface area contributed by atoms with Crippen LogP contribution >= 0.6 is 0 Å². The summed E-state index contributed by atoms with van der Waals surface area (Å²) < 4.78 is 79.9. The van der Waals surface area contributed by atoms with Crippen molar-refractivity contribution in [2.75, 3.05) is 20.6 Å². The fraction of sp³-hybridized carbons (Fsp3) is 0.458. The van der Waals surface area contributed by atoms with Crippen LogP contribution in [0.1, 0.15) is 47.7 Å². The van der Waals surface area contributed by atoms with Gasteiger partial charge in [0.1, 0.15) is 0 Å². The Morgan fingerprint density at radius 2 is 1.62 bits per heavy atom. The molecule has 4 rings (SSSR count). The van der Waals surface area contributed by atoms with Gasteiger partial charge in [-0.05, 0) is 55.6 Å². The van der Waals surface area contributed by atoms with Crippen molar-refractivity contribution in [2.24, 2.45) is 5.92 Å². The van der Waals surface area contributed by atoms with Crippen LogP contribution in [0.15, 0.2) is 48.5 Å². The Morgan fingerprint density at radius 1 is 1.06 bits per heavy atom. The van der Waals surface area contributed by atoms with Crippen LogP contribution in [0.4, 0.5) is 31.1 Å². The molecule has 0 aromatic heterocycles. The largest absolute Gasteiger partial charge is 0.416 e. The van der Waals surface area contributed by atoms with Crippen LogP contribution in [0.5, 0.6) is 0 Å². The second kappa shape index (κ2) is 8.18. The Labute approximate surface area is 193 Å². The number of halogens is 6. The number of alkyl halides is 6. The van der Waals surface area contributed by atoms with Crippen molar-refractivity contribution in [2.45, 2.75) is 43.3 Å². The van der Waals surface area contributed by atoms with E-state index < -0.39 is 35.6 Å². The molecule has 34 heavy (non-hydrogen) atoms. The number of fused-ring (bicyclic) bond motifs is 1. The first kappa shape index (κ1) is 24.4. The Hall–Kier alpha value is -2.75. The van der Waals surface area contributed by atoms with E-state index in [1.54, 1.807) is 4.90 Å². The summed E-state index contributed by atoms with van der Waals surface area (Å²) >= 11 is 0. The zero-order chi connectivity index (χ0) is 25.1. The van der Waals surface area contributed by atoms with Gasteiger partial charge in [0, 0.05) is 19.1 Å². The van der Waals surface area contributed by atoms with Gasteiger partial charge in [0.25, 0.3) is 0 Å². The molecule has 0 spiro atoms. The molecule has 2 aromatic carbocycles. The number of nitrogens with zero attached hydrogens (tertiary/aromatic N) is 2. The van der Waals surface area contributed by atoms with E-state index in [1.165, 1.54) is 18.9 Å². The van der Waals surface area contributed by atoms with Gasteiger partial charge in [-0.1, -0.05) is 30.3 Å². The third kappa shape index (κ3) is 4.12. The van der Waals surface area contributed by atoms with Crippen LogP contribution < -0.4 is 5.32 Å². The van der Waals surface area contributed by atoms with E-state index in [0.717, 1.165) is 12.0 Å². The summed E-state index contributed by atoms with van der Waals surface area (Å²) in [6.45, 7) is 1.88. The highest BCUT2D eigenvalue weighted by Crippen LogP contribution is 2.60. The maximum Gasteiger partial charge on any atom is 0.416 e. The van der Waals surface area contributed by atoms with Crippen molar-refractivity contribution < 1.29 is 31.1 Å². The number of piperidine rings is 1. The van der Waals surface area contributed by atoms with Crippen molar-refractivity contribution in [3.8, 4) is 0 Å². The van der Waals surface area contributed by atoms with Crippen LogP contribution in [0.2, 0.25) is 0 Å². The van der Waals surface area contributed by atoms with E-state index in [9.17, 15) is 31.1 Å². The zero-order valence-electron chi connectivity index (χ0n) is 18.8. The van der Waals surface area contributed by atoms with E-state index in [0.29, 0.717) is 18.7 Å². The van der Waals surface area contributed by atoms with E-state index >= 15 is 0 Å². The molecule has 0 bridgehead atoms. The SMILES string of the molecule is CN[C@@]12C[C@@H]1CN(C(=O)N(C)[C@H](C)c1cc(C(F)(F)F)cc(C(F)(F)F)c1)[C@H]2c1ccccc1. The van der Waals surface area contributed by atoms with Crippen LogP contribution in [0.3, 0.4) is 0 Å². The maximum atomic E-state index is 13.5. The van der Waals surface area contributed by atoms with Gasteiger partial charge in [0.05, 0.1) is 23.2 Å². The van der Waals surface area contributed by atoms with Crippen LogP contribution in [0, 0.1) is 5.92 Å². The number of rotatable bonds is 4. The lowest BCUT2D eigenvalue weighted by Gasteiger charge is -2.37. The first-order valence-electron chi connectivity index (χ1n) is 10.9. The number of likely N-dealkylation sites (N-methyl/N-ethyl adjacent to an activating group) is 1. The molecule has 1 saturated carbocycles. The predicted molar refractivity (Wildman–Crippen MR) is 114 cm³/mol. The summed E-state index contributed by atoms with van der Waals surface area (Å²) in [4.78, 5) is 16.4. The second-order valence-electron chi connectivity index (χ2n) is 9.07. The molecule has 1 aliphatic heterocycles. The van der Waals surface area contributed by atoms with E-state index in [4.69, 9.17) is 0 Å². The minimum atomic E-state index is -4.95. The average Bonchev–Trinajstić information content (AvgIpc) is 3.40. The molecular formula is C24H25F6N3O. The number of amides is 2. The number of carbonyl (C=O) groups is 1. The van der Waals surface area contributed by atoms with Crippen molar-refractivity contribution >= 4 is 6.03 Å². The molecule has 4 atom stereocenters. The molecule has 1 aliphatic carbocycles. The molecule has 0 unspecified atom stereocenters. The van der Waals surface area contributed by atoms with E-state index in [-0.39, 0.29) is 29.1 Å². The minimum Gasteiger partial charge on any atom is -0.321 e. The smallest absolute Gasteiger partial charge is 0.321 e. The number of nitrogens with one attached hydrogen (secondary N) is 1. The van der Waals surface area contributed by atoms with Crippen molar-refractivity contribution in [1.82, 2.24) is 15.1 Å². The Bertz CT molecular complexity index is 1030. The van der Waals surface area contributed by atoms with Crippen LogP contribution in [-0.2, 0) is 12.4 Å². The van der Waals surface area contributed by atoms with E-state index in [1.807, 2.05) is 37.4 Å². The lowest BCUT2D eigenvalue weighted by molar-refractivity contribution is -0.143. The van der Waals surface area contributed by atoms with Gasteiger partial charge in [0.2, 0.25) is 0 Å². The fourth-order valence-corrected chi connectivity index (χ4v) is 5.09. The number of carbonyl (C=O) groups excluding carboxylic acids is 1. The van der Waals surface area contributed by atoms with E-state index in [2.05, 4.69) is 5.32 Å².